The topological polar surface area (TPSA) is 115 Å². The maximum absolute atomic E-state index is 10.9. The highest BCUT2D eigenvalue weighted by Crippen LogP contribution is 2.10. The average molecular weight is 219 g/mol. The minimum absolute atomic E-state index is 0.182. The molecule has 0 aliphatic carbocycles. The standard InChI is InChI=1S/C6H9N3O4S/c1-13-5(10)2-4-3-8-9-6(4)14(7,11)12/h3H,2H2,1H3,(H,8,9)(H2,7,11,12). The fourth-order valence-electron chi connectivity index (χ4n) is 0.899. The summed E-state index contributed by atoms with van der Waals surface area (Å²) in [6.07, 6.45) is 1.04. The molecule has 7 nitrogen and oxygen atoms in total. The zero-order valence-electron chi connectivity index (χ0n) is 7.35. The van der Waals surface area contributed by atoms with Gasteiger partial charge in [0.25, 0.3) is 10.0 Å². The fourth-order valence-corrected chi connectivity index (χ4v) is 1.57. The van der Waals surface area contributed by atoms with Crippen molar-refractivity contribution in [2.75, 3.05) is 7.11 Å². The molecule has 0 aromatic carbocycles. The second-order valence-electron chi connectivity index (χ2n) is 2.52. The van der Waals surface area contributed by atoms with Crippen LogP contribution in [0.1, 0.15) is 5.56 Å². The van der Waals surface area contributed by atoms with E-state index in [2.05, 4.69) is 14.9 Å². The number of ether oxygens (including phenoxy) is 1. The summed E-state index contributed by atoms with van der Waals surface area (Å²) in [7, 11) is -2.66. The highest BCUT2D eigenvalue weighted by molar-refractivity contribution is 7.89. The van der Waals surface area contributed by atoms with Crippen molar-refractivity contribution in [1.29, 1.82) is 0 Å². The van der Waals surface area contributed by atoms with E-state index < -0.39 is 16.0 Å². The summed E-state index contributed by atoms with van der Waals surface area (Å²) in [5, 5.41) is 10.3. The first-order chi connectivity index (χ1) is 6.45. The number of carbonyl (C=O) groups is 1. The van der Waals surface area contributed by atoms with Crippen LogP contribution >= 0.6 is 0 Å². The number of hydrogen-bond acceptors (Lipinski definition) is 5. The Labute approximate surface area is 80.3 Å². The summed E-state index contributed by atoms with van der Waals surface area (Å²) in [6, 6.07) is 0. The molecule has 8 heteroatoms. The van der Waals surface area contributed by atoms with E-state index in [0.29, 0.717) is 0 Å². The number of aromatic amines is 1. The lowest BCUT2D eigenvalue weighted by Gasteiger charge is -1.98. The van der Waals surface area contributed by atoms with E-state index in [9.17, 15) is 13.2 Å². The van der Waals surface area contributed by atoms with E-state index in [4.69, 9.17) is 5.14 Å². The Morgan fingerprint density at radius 3 is 2.86 bits per heavy atom. The molecule has 0 saturated carbocycles. The van der Waals surface area contributed by atoms with Crippen molar-refractivity contribution < 1.29 is 17.9 Å². The van der Waals surface area contributed by atoms with Gasteiger partial charge >= 0.3 is 5.97 Å². The second kappa shape index (κ2) is 3.76. The Morgan fingerprint density at radius 1 is 1.71 bits per heavy atom. The third-order valence-corrected chi connectivity index (χ3v) is 2.45. The number of nitrogens with zero attached hydrogens (tertiary/aromatic N) is 1. The first-order valence-corrected chi connectivity index (χ1v) is 5.11. The summed E-state index contributed by atoms with van der Waals surface area (Å²) in [4.78, 5) is 10.9. The average Bonchev–Trinajstić information content (AvgIpc) is 2.51. The zero-order valence-corrected chi connectivity index (χ0v) is 8.17. The lowest BCUT2D eigenvalue weighted by atomic mass is 10.3. The van der Waals surface area contributed by atoms with Gasteiger partial charge in [-0.3, -0.25) is 9.89 Å². The summed E-state index contributed by atoms with van der Waals surface area (Å²) in [5.74, 6) is -0.559. The Morgan fingerprint density at radius 2 is 2.36 bits per heavy atom. The molecule has 1 heterocycles. The monoisotopic (exact) mass is 219 g/mol. The smallest absolute Gasteiger partial charge is 0.310 e. The van der Waals surface area contributed by atoms with E-state index in [-0.39, 0.29) is 17.0 Å². The summed E-state index contributed by atoms with van der Waals surface area (Å²) in [5.41, 5.74) is 0.194. The molecule has 3 N–H and O–H groups in total. The molecule has 1 aromatic heterocycles. The maximum Gasteiger partial charge on any atom is 0.310 e. The summed E-state index contributed by atoms with van der Waals surface area (Å²) >= 11 is 0. The molecular weight excluding hydrogens is 210 g/mol. The molecule has 1 rings (SSSR count). The summed E-state index contributed by atoms with van der Waals surface area (Å²) in [6.45, 7) is 0. The van der Waals surface area contributed by atoms with Crippen molar-refractivity contribution in [1.82, 2.24) is 10.2 Å². The van der Waals surface area contributed by atoms with Gasteiger partial charge in [0.2, 0.25) is 0 Å². The SMILES string of the molecule is COC(=O)Cc1cn[nH]c1S(N)(=O)=O. The number of methoxy groups -OCH3 is 1. The van der Waals surface area contributed by atoms with Crippen molar-refractivity contribution in [3.8, 4) is 0 Å². The molecule has 1 aromatic rings. The number of nitrogens with one attached hydrogen (secondary N) is 1. The molecule has 0 aliphatic heterocycles. The van der Waals surface area contributed by atoms with Gasteiger partial charge in [-0.25, -0.2) is 13.6 Å². The minimum atomic E-state index is -3.87. The maximum atomic E-state index is 10.9. The lowest BCUT2D eigenvalue weighted by molar-refractivity contribution is -0.139. The molecule has 0 fully saturated rings. The third-order valence-electron chi connectivity index (χ3n) is 1.53. The van der Waals surface area contributed by atoms with Crippen LogP contribution in [0.2, 0.25) is 0 Å². The number of primary sulfonamides is 1. The van der Waals surface area contributed by atoms with Crippen LogP contribution in [0.4, 0.5) is 0 Å². The number of sulfonamides is 1. The molecular formula is C6H9N3O4S. The summed E-state index contributed by atoms with van der Waals surface area (Å²) < 4.78 is 26.3. The minimum Gasteiger partial charge on any atom is -0.469 e. The predicted molar refractivity (Wildman–Crippen MR) is 45.7 cm³/mol. The third kappa shape index (κ3) is 2.30. The van der Waals surface area contributed by atoms with Gasteiger partial charge in [-0.1, -0.05) is 0 Å². The van der Waals surface area contributed by atoms with E-state index in [1.807, 2.05) is 0 Å². The molecule has 0 aliphatic rings. The Balaban J connectivity index is 3.00. The van der Waals surface area contributed by atoms with Crippen LogP contribution in [-0.4, -0.2) is 31.7 Å². The lowest BCUT2D eigenvalue weighted by Crippen LogP contribution is -2.16. The molecule has 0 amide bonds. The zero-order chi connectivity index (χ0) is 10.8. The van der Waals surface area contributed by atoms with E-state index in [1.165, 1.54) is 13.3 Å². The molecule has 0 atom stereocenters. The number of hydrogen-bond donors (Lipinski definition) is 2. The highest BCUT2D eigenvalue weighted by Gasteiger charge is 2.18. The van der Waals surface area contributed by atoms with Gasteiger partial charge in [-0.15, -0.1) is 0 Å². The quantitative estimate of drug-likeness (QED) is 0.618. The van der Waals surface area contributed by atoms with Crippen LogP contribution in [0.25, 0.3) is 0 Å². The van der Waals surface area contributed by atoms with Crippen molar-refractivity contribution >= 4 is 16.0 Å². The predicted octanol–water partition coefficient (Wildman–Crippen LogP) is -1.23. The van der Waals surface area contributed by atoms with Gasteiger partial charge in [0, 0.05) is 5.56 Å². The van der Waals surface area contributed by atoms with E-state index >= 15 is 0 Å². The van der Waals surface area contributed by atoms with Crippen LogP contribution in [0.3, 0.4) is 0 Å². The number of carbonyl (C=O) groups excluding carboxylic acids is 1. The highest BCUT2D eigenvalue weighted by atomic mass is 32.2. The first-order valence-electron chi connectivity index (χ1n) is 3.57. The number of aromatic nitrogens is 2. The van der Waals surface area contributed by atoms with Crippen LogP contribution in [0, 0.1) is 0 Å². The van der Waals surface area contributed by atoms with Crippen molar-refractivity contribution in [2.45, 2.75) is 11.4 Å². The van der Waals surface area contributed by atoms with E-state index in [1.54, 1.807) is 0 Å². The van der Waals surface area contributed by atoms with Crippen LogP contribution in [0.15, 0.2) is 11.2 Å². The van der Waals surface area contributed by atoms with Crippen LogP contribution in [-0.2, 0) is 26.0 Å². The number of nitrogens with two attached hydrogens (primary N) is 1. The van der Waals surface area contributed by atoms with E-state index in [0.717, 1.165) is 0 Å². The van der Waals surface area contributed by atoms with Gasteiger partial charge in [0.15, 0.2) is 5.03 Å². The molecule has 0 spiro atoms. The van der Waals surface area contributed by atoms with Crippen LogP contribution < -0.4 is 5.14 Å². The normalized spacial score (nSPS) is 11.3. The second-order valence-corrected chi connectivity index (χ2v) is 4.02. The molecule has 78 valence electrons. The Kier molecular flexibility index (Phi) is 2.87. The van der Waals surface area contributed by atoms with Gasteiger partial charge in [-0.05, 0) is 0 Å². The molecule has 14 heavy (non-hydrogen) atoms. The largest absolute Gasteiger partial charge is 0.469 e. The fraction of sp³-hybridized carbons (Fsp3) is 0.333. The number of esters is 1. The van der Waals surface area contributed by atoms with Crippen molar-refractivity contribution in [3.63, 3.8) is 0 Å². The Hall–Kier alpha value is -1.41. The van der Waals surface area contributed by atoms with Crippen molar-refractivity contribution in [2.24, 2.45) is 5.14 Å². The van der Waals surface area contributed by atoms with Gasteiger partial charge in [-0.2, -0.15) is 5.10 Å². The molecule has 0 saturated heterocycles. The number of rotatable bonds is 3. The molecule has 0 radical (unpaired) electrons. The van der Waals surface area contributed by atoms with Gasteiger partial charge in [0.05, 0.1) is 19.7 Å². The Bertz CT molecular complexity index is 436. The van der Waals surface area contributed by atoms with Crippen LogP contribution in [0.5, 0.6) is 0 Å². The first kappa shape index (κ1) is 10.7. The van der Waals surface area contributed by atoms with Crippen molar-refractivity contribution in [3.05, 3.63) is 11.8 Å². The van der Waals surface area contributed by atoms with Gasteiger partial charge < -0.3 is 4.74 Å². The molecule has 0 bridgehead atoms. The molecule has 0 unspecified atom stereocenters. The van der Waals surface area contributed by atoms with Gasteiger partial charge in [0.1, 0.15) is 0 Å². The number of H-pyrrole nitrogens is 1.